The quantitative estimate of drug-likeness (QED) is 0.176. The van der Waals surface area contributed by atoms with Gasteiger partial charge in [-0.3, -0.25) is 0 Å². The molecule has 1 heterocycles. The van der Waals surface area contributed by atoms with Crippen molar-refractivity contribution in [2.24, 2.45) is 0 Å². The van der Waals surface area contributed by atoms with E-state index in [0.717, 1.165) is 60.8 Å². The molecule has 0 amide bonds. The Morgan fingerprint density at radius 1 is 0.262 bits per heavy atom. The number of sulfonamides is 4. The van der Waals surface area contributed by atoms with E-state index in [2.05, 4.69) is 0 Å². The summed E-state index contributed by atoms with van der Waals surface area (Å²) in [5.74, 6) is 0. The van der Waals surface area contributed by atoms with Gasteiger partial charge in [-0.2, -0.15) is 17.2 Å². The van der Waals surface area contributed by atoms with Crippen LogP contribution in [-0.2, 0) is 40.1 Å². The summed E-state index contributed by atoms with van der Waals surface area (Å²) in [6, 6.07) is 26.1. The first-order chi connectivity index (χ1) is 28.9. The summed E-state index contributed by atoms with van der Waals surface area (Å²) in [6.45, 7) is 7.06. The molecule has 16 heteroatoms. The highest BCUT2D eigenvalue weighted by atomic mass is 32.2. The number of nitrogens with zero attached hydrogens (tertiary/aromatic N) is 4. The minimum Gasteiger partial charge on any atom is -0.207 e. The number of hydrogen-bond acceptors (Lipinski definition) is 8. The number of aryl methyl sites for hydroxylation is 4. The third kappa shape index (κ3) is 13.0. The van der Waals surface area contributed by atoms with Crippen molar-refractivity contribution < 1.29 is 33.7 Å². The van der Waals surface area contributed by atoms with Crippen LogP contribution in [0, 0.1) is 27.7 Å². The van der Waals surface area contributed by atoms with E-state index in [1.54, 1.807) is 72.8 Å². The lowest BCUT2D eigenvalue weighted by Crippen LogP contribution is -2.44. The van der Waals surface area contributed by atoms with Crippen molar-refractivity contribution in [1.29, 1.82) is 0 Å². The Hall–Kier alpha value is -3.48. The molecule has 0 aromatic heterocycles. The largest absolute Gasteiger partial charge is 0.243 e. The van der Waals surface area contributed by atoms with Crippen LogP contribution < -0.4 is 0 Å². The lowest BCUT2D eigenvalue weighted by molar-refractivity contribution is 0.311. The van der Waals surface area contributed by atoms with Gasteiger partial charge in [0.1, 0.15) is 0 Å². The lowest BCUT2D eigenvalue weighted by atomic mass is 10.1. The van der Waals surface area contributed by atoms with Crippen LogP contribution in [0.15, 0.2) is 117 Å². The summed E-state index contributed by atoms with van der Waals surface area (Å²) in [5.41, 5.74) is 3.56. The molecule has 1 saturated heterocycles. The molecule has 1 aliphatic rings. The van der Waals surface area contributed by atoms with Gasteiger partial charge in [0.25, 0.3) is 0 Å². The fraction of sp³-hybridized carbons (Fsp3) is 0.467. The van der Waals surface area contributed by atoms with Gasteiger partial charge in [-0.15, -0.1) is 0 Å². The van der Waals surface area contributed by atoms with Gasteiger partial charge in [-0.1, -0.05) is 109 Å². The maximum absolute atomic E-state index is 14.4. The van der Waals surface area contributed by atoms with Gasteiger partial charge in [0, 0.05) is 52.4 Å². The normalized spacial score (nSPS) is 18.3. The fourth-order valence-corrected chi connectivity index (χ4v) is 13.2. The SMILES string of the molecule is Cc1ccc(S(=O)(=O)N2CCCCCCCCCCN(S(=O)(=O)c3ccc(C)cc3)CCN(S(=O)(=O)c3ccc(C)cc3)CCCN(S(=O)(=O)c3ccc(C)cc3)CC2)cc1. The van der Waals surface area contributed by atoms with Crippen molar-refractivity contribution in [3.63, 3.8) is 0 Å². The minimum atomic E-state index is -4.17. The van der Waals surface area contributed by atoms with Crippen LogP contribution in [0.4, 0.5) is 0 Å². The van der Waals surface area contributed by atoms with E-state index in [-0.39, 0.29) is 78.4 Å². The Kier molecular flexibility index (Phi) is 17.3. The fourth-order valence-electron chi connectivity index (χ4n) is 7.35. The molecular formula is C45H62N4O8S4. The minimum absolute atomic E-state index is 0.0395. The molecule has 0 atom stereocenters. The molecule has 5 rings (SSSR count). The Bertz CT molecular complexity index is 2290. The molecular weight excluding hydrogens is 853 g/mol. The van der Waals surface area contributed by atoms with Crippen molar-refractivity contribution in [2.45, 2.75) is 105 Å². The molecule has 0 unspecified atom stereocenters. The van der Waals surface area contributed by atoms with Crippen molar-refractivity contribution in [3.05, 3.63) is 119 Å². The summed E-state index contributed by atoms with van der Waals surface area (Å²) in [6.07, 6.45) is 6.47. The zero-order chi connectivity index (χ0) is 44.3. The molecule has 0 bridgehead atoms. The second-order valence-electron chi connectivity index (χ2n) is 16.1. The highest BCUT2D eigenvalue weighted by molar-refractivity contribution is 7.90. The van der Waals surface area contributed by atoms with Gasteiger partial charge in [0.05, 0.1) is 19.6 Å². The molecule has 0 radical (unpaired) electrons. The van der Waals surface area contributed by atoms with Gasteiger partial charge in [0.15, 0.2) is 0 Å². The van der Waals surface area contributed by atoms with Crippen molar-refractivity contribution in [3.8, 4) is 0 Å². The molecule has 4 aromatic rings. The van der Waals surface area contributed by atoms with Crippen molar-refractivity contribution in [1.82, 2.24) is 17.2 Å². The van der Waals surface area contributed by atoms with E-state index in [1.165, 1.54) is 41.5 Å². The van der Waals surface area contributed by atoms with Gasteiger partial charge >= 0.3 is 0 Å². The lowest BCUT2D eigenvalue weighted by Gasteiger charge is -2.29. The molecule has 61 heavy (non-hydrogen) atoms. The standard InChI is InChI=1S/C45H62N4O8S4/c1-38-14-22-42(23-15-38)58(50,51)46-30-11-9-7-5-6-8-10-12-31-47(59(52,53)43-24-16-39(2)17-25-43)35-37-49(61(56,57)45-28-20-41(4)21-29-45)33-13-32-48(36-34-46)60(54,55)44-26-18-40(3)19-27-44/h14-29H,5-13,30-37H2,1-4H3. The molecule has 1 fully saturated rings. The Balaban J connectivity index is 1.51. The first-order valence-corrected chi connectivity index (χ1v) is 27.0. The Morgan fingerprint density at radius 3 is 0.656 bits per heavy atom. The van der Waals surface area contributed by atoms with Crippen LogP contribution in [0.1, 0.15) is 80.0 Å². The number of hydrogen-bond donors (Lipinski definition) is 0. The number of rotatable bonds is 8. The average molecular weight is 915 g/mol. The maximum Gasteiger partial charge on any atom is 0.243 e. The van der Waals surface area contributed by atoms with Gasteiger partial charge < -0.3 is 0 Å². The summed E-state index contributed by atoms with van der Waals surface area (Å²) in [4.78, 5) is 0.342. The highest BCUT2D eigenvalue weighted by Gasteiger charge is 2.32. The van der Waals surface area contributed by atoms with Crippen molar-refractivity contribution >= 4 is 40.1 Å². The first-order valence-electron chi connectivity index (χ1n) is 21.2. The van der Waals surface area contributed by atoms with E-state index >= 15 is 0 Å². The van der Waals surface area contributed by atoms with Crippen LogP contribution in [0.3, 0.4) is 0 Å². The van der Waals surface area contributed by atoms with E-state index < -0.39 is 40.1 Å². The predicted molar refractivity (Wildman–Crippen MR) is 241 cm³/mol. The predicted octanol–water partition coefficient (Wildman–Crippen LogP) is 7.51. The van der Waals surface area contributed by atoms with Crippen LogP contribution in [0.2, 0.25) is 0 Å². The maximum atomic E-state index is 14.4. The molecule has 1 aliphatic heterocycles. The third-order valence-corrected chi connectivity index (χ3v) is 18.9. The molecule has 0 saturated carbocycles. The van der Waals surface area contributed by atoms with Crippen molar-refractivity contribution in [2.75, 3.05) is 52.4 Å². The second-order valence-corrected chi connectivity index (χ2v) is 23.8. The molecule has 0 aliphatic carbocycles. The van der Waals surface area contributed by atoms with Gasteiger partial charge in [0.2, 0.25) is 40.1 Å². The molecule has 334 valence electrons. The van der Waals surface area contributed by atoms with E-state index in [9.17, 15) is 33.7 Å². The molecule has 0 N–H and O–H groups in total. The summed E-state index contributed by atoms with van der Waals surface area (Å²) < 4.78 is 119. The average Bonchev–Trinajstić information content (AvgIpc) is 3.22. The monoisotopic (exact) mass is 914 g/mol. The second kappa shape index (κ2) is 21.7. The zero-order valence-corrected chi connectivity index (χ0v) is 39.2. The van der Waals surface area contributed by atoms with Gasteiger partial charge in [-0.05, 0) is 95.5 Å². The summed E-state index contributed by atoms with van der Waals surface area (Å²) in [7, 11) is -16.3. The van der Waals surface area contributed by atoms with Crippen LogP contribution >= 0.6 is 0 Å². The first kappa shape index (κ1) is 48.6. The summed E-state index contributed by atoms with van der Waals surface area (Å²) >= 11 is 0. The highest BCUT2D eigenvalue weighted by Crippen LogP contribution is 2.24. The zero-order valence-electron chi connectivity index (χ0n) is 35.9. The summed E-state index contributed by atoms with van der Waals surface area (Å²) in [5, 5.41) is 0. The topological polar surface area (TPSA) is 150 Å². The Morgan fingerprint density at radius 2 is 0.443 bits per heavy atom. The van der Waals surface area contributed by atoms with Crippen LogP contribution in [0.5, 0.6) is 0 Å². The Labute approximate surface area is 365 Å². The van der Waals surface area contributed by atoms with E-state index in [4.69, 9.17) is 0 Å². The molecule has 12 nitrogen and oxygen atoms in total. The molecule has 0 spiro atoms. The van der Waals surface area contributed by atoms with Gasteiger partial charge in [-0.25, -0.2) is 33.7 Å². The van der Waals surface area contributed by atoms with Crippen LogP contribution in [-0.4, -0.2) is 103 Å². The third-order valence-electron chi connectivity index (χ3n) is 11.2. The smallest absolute Gasteiger partial charge is 0.207 e. The van der Waals surface area contributed by atoms with Crippen LogP contribution in [0.25, 0.3) is 0 Å². The number of benzene rings is 4. The molecule has 4 aromatic carbocycles. The van der Waals surface area contributed by atoms with E-state index in [1.807, 2.05) is 27.7 Å². The van der Waals surface area contributed by atoms with E-state index in [0.29, 0.717) is 12.8 Å².